The molecule has 0 atom stereocenters. The van der Waals surface area contributed by atoms with Crippen molar-refractivity contribution in [3.05, 3.63) is 17.6 Å². The summed E-state index contributed by atoms with van der Waals surface area (Å²) in [6, 6.07) is 0. The summed E-state index contributed by atoms with van der Waals surface area (Å²) in [5, 5.41) is 3.14. The van der Waals surface area contributed by atoms with E-state index in [4.69, 9.17) is 5.73 Å². The smallest absolute Gasteiger partial charge is 0.219 e. The molecule has 0 bridgehead atoms. The zero-order valence-electron chi connectivity index (χ0n) is 10.2. The van der Waals surface area contributed by atoms with Crippen LogP contribution in [0.2, 0.25) is 0 Å². The van der Waals surface area contributed by atoms with E-state index < -0.39 is 5.54 Å². The number of primary amides is 1. The molecule has 1 heterocycles. The molecule has 0 unspecified atom stereocenters. The van der Waals surface area contributed by atoms with Gasteiger partial charge in [-0.25, -0.2) is 4.98 Å². The molecular formula is C11H18N4O. The highest BCUT2D eigenvalue weighted by Crippen LogP contribution is 2.16. The minimum Gasteiger partial charge on any atom is -0.370 e. The molecule has 0 fully saturated rings. The van der Waals surface area contributed by atoms with Gasteiger partial charge in [-0.3, -0.25) is 9.78 Å². The third kappa shape index (κ3) is 3.49. The van der Waals surface area contributed by atoms with E-state index in [0.29, 0.717) is 5.82 Å². The zero-order chi connectivity index (χ0) is 12.3. The monoisotopic (exact) mass is 222 g/mol. The van der Waals surface area contributed by atoms with Gasteiger partial charge in [0.2, 0.25) is 5.91 Å². The summed E-state index contributed by atoms with van der Waals surface area (Å²) >= 11 is 0. The predicted octanol–water partition coefficient (Wildman–Crippen LogP) is 1.16. The lowest BCUT2D eigenvalue weighted by molar-refractivity contribution is -0.118. The molecule has 0 aliphatic carbocycles. The molecule has 5 heteroatoms. The van der Waals surface area contributed by atoms with Crippen molar-refractivity contribution < 1.29 is 4.79 Å². The summed E-state index contributed by atoms with van der Waals surface area (Å²) in [7, 11) is 0. The van der Waals surface area contributed by atoms with Crippen molar-refractivity contribution in [3.63, 3.8) is 0 Å². The maximum absolute atomic E-state index is 10.9. The first-order valence-corrected chi connectivity index (χ1v) is 5.17. The van der Waals surface area contributed by atoms with Gasteiger partial charge in [0.1, 0.15) is 5.82 Å². The van der Waals surface area contributed by atoms with Crippen LogP contribution in [0, 0.1) is 13.8 Å². The van der Waals surface area contributed by atoms with Crippen molar-refractivity contribution >= 4 is 11.7 Å². The number of amides is 1. The fourth-order valence-electron chi connectivity index (χ4n) is 1.43. The van der Waals surface area contributed by atoms with E-state index in [9.17, 15) is 4.79 Å². The van der Waals surface area contributed by atoms with Crippen LogP contribution in [-0.4, -0.2) is 21.4 Å². The van der Waals surface area contributed by atoms with Crippen LogP contribution in [0.15, 0.2) is 6.20 Å². The number of aromatic nitrogens is 2. The normalized spacial score (nSPS) is 11.2. The van der Waals surface area contributed by atoms with Crippen molar-refractivity contribution in [2.24, 2.45) is 5.73 Å². The van der Waals surface area contributed by atoms with Crippen LogP contribution in [0.1, 0.15) is 31.7 Å². The number of carbonyl (C=O) groups excluding carboxylic acids is 1. The minimum absolute atomic E-state index is 0.252. The van der Waals surface area contributed by atoms with Gasteiger partial charge in [-0.05, 0) is 27.7 Å². The molecular weight excluding hydrogens is 204 g/mol. The molecule has 1 aromatic heterocycles. The van der Waals surface area contributed by atoms with E-state index in [-0.39, 0.29) is 12.3 Å². The molecule has 1 amide bonds. The van der Waals surface area contributed by atoms with Crippen molar-refractivity contribution in [3.8, 4) is 0 Å². The molecule has 88 valence electrons. The Morgan fingerprint density at radius 2 is 2.06 bits per heavy atom. The standard InChI is InChI=1S/C11H18N4O/c1-7-8(2)14-10(6-13-7)15-11(3,4)5-9(12)16/h6H,5H2,1-4H3,(H2,12,16)(H,14,15). The maximum atomic E-state index is 10.9. The average Bonchev–Trinajstić information content (AvgIpc) is 2.08. The summed E-state index contributed by atoms with van der Waals surface area (Å²) < 4.78 is 0. The van der Waals surface area contributed by atoms with E-state index in [1.165, 1.54) is 0 Å². The number of hydrogen-bond donors (Lipinski definition) is 2. The molecule has 0 radical (unpaired) electrons. The number of aryl methyl sites for hydroxylation is 2. The lowest BCUT2D eigenvalue weighted by Crippen LogP contribution is -2.36. The Morgan fingerprint density at radius 1 is 1.44 bits per heavy atom. The van der Waals surface area contributed by atoms with E-state index >= 15 is 0 Å². The van der Waals surface area contributed by atoms with Crippen LogP contribution in [0.25, 0.3) is 0 Å². The van der Waals surface area contributed by atoms with Crippen LogP contribution in [0.3, 0.4) is 0 Å². The van der Waals surface area contributed by atoms with E-state index in [1.54, 1.807) is 6.20 Å². The maximum Gasteiger partial charge on any atom is 0.219 e. The summed E-state index contributed by atoms with van der Waals surface area (Å²) in [5.74, 6) is 0.323. The number of nitrogens with zero attached hydrogens (tertiary/aromatic N) is 2. The van der Waals surface area contributed by atoms with Gasteiger partial charge in [-0.1, -0.05) is 0 Å². The first-order chi connectivity index (χ1) is 7.30. The van der Waals surface area contributed by atoms with Gasteiger partial charge in [-0.2, -0.15) is 0 Å². The van der Waals surface area contributed by atoms with Gasteiger partial charge in [-0.15, -0.1) is 0 Å². The van der Waals surface area contributed by atoms with Crippen molar-refractivity contribution in [2.75, 3.05) is 5.32 Å². The highest BCUT2D eigenvalue weighted by Gasteiger charge is 2.20. The van der Waals surface area contributed by atoms with Gasteiger partial charge < -0.3 is 11.1 Å². The third-order valence-corrected chi connectivity index (χ3v) is 2.27. The van der Waals surface area contributed by atoms with E-state index in [1.807, 2.05) is 27.7 Å². The molecule has 3 N–H and O–H groups in total. The minimum atomic E-state index is -0.414. The lowest BCUT2D eigenvalue weighted by atomic mass is 10.0. The van der Waals surface area contributed by atoms with Gasteiger partial charge in [0.25, 0.3) is 0 Å². The highest BCUT2D eigenvalue weighted by molar-refractivity contribution is 5.75. The quantitative estimate of drug-likeness (QED) is 0.801. The molecule has 0 aliphatic heterocycles. The van der Waals surface area contributed by atoms with Crippen LogP contribution < -0.4 is 11.1 Å². The molecule has 16 heavy (non-hydrogen) atoms. The Bertz CT molecular complexity index is 401. The molecule has 0 saturated carbocycles. The fraction of sp³-hybridized carbons (Fsp3) is 0.545. The highest BCUT2D eigenvalue weighted by atomic mass is 16.1. The van der Waals surface area contributed by atoms with Crippen LogP contribution in [-0.2, 0) is 4.79 Å². The first kappa shape index (κ1) is 12.4. The second-order valence-corrected chi connectivity index (χ2v) is 4.58. The topological polar surface area (TPSA) is 80.9 Å². The van der Waals surface area contributed by atoms with Crippen LogP contribution in [0.4, 0.5) is 5.82 Å². The zero-order valence-corrected chi connectivity index (χ0v) is 10.2. The van der Waals surface area contributed by atoms with Crippen molar-refractivity contribution in [1.29, 1.82) is 0 Å². The van der Waals surface area contributed by atoms with E-state index in [0.717, 1.165) is 11.4 Å². The Hall–Kier alpha value is -1.65. The van der Waals surface area contributed by atoms with Crippen LogP contribution in [0.5, 0.6) is 0 Å². The van der Waals surface area contributed by atoms with Crippen molar-refractivity contribution in [2.45, 2.75) is 39.7 Å². The third-order valence-electron chi connectivity index (χ3n) is 2.27. The summed E-state index contributed by atoms with van der Waals surface area (Å²) in [5.41, 5.74) is 6.53. The summed E-state index contributed by atoms with van der Waals surface area (Å²) in [6.45, 7) is 7.60. The molecule has 0 saturated heterocycles. The van der Waals surface area contributed by atoms with Gasteiger partial charge in [0.05, 0.1) is 17.6 Å². The molecule has 0 aromatic carbocycles. The molecule has 0 aliphatic rings. The number of nitrogens with two attached hydrogens (primary N) is 1. The average molecular weight is 222 g/mol. The SMILES string of the molecule is Cc1ncc(NC(C)(C)CC(N)=O)nc1C. The van der Waals surface area contributed by atoms with E-state index in [2.05, 4.69) is 15.3 Å². The lowest BCUT2D eigenvalue weighted by Gasteiger charge is -2.25. The molecule has 5 nitrogen and oxygen atoms in total. The number of carbonyl (C=O) groups is 1. The predicted molar refractivity (Wildman–Crippen MR) is 63.0 cm³/mol. The number of anilines is 1. The number of nitrogens with one attached hydrogen (secondary N) is 1. The molecule has 0 spiro atoms. The van der Waals surface area contributed by atoms with Gasteiger partial charge >= 0.3 is 0 Å². The van der Waals surface area contributed by atoms with Gasteiger partial charge in [0.15, 0.2) is 0 Å². The van der Waals surface area contributed by atoms with Gasteiger partial charge in [0, 0.05) is 12.0 Å². The second kappa shape index (κ2) is 4.47. The van der Waals surface area contributed by atoms with Crippen molar-refractivity contribution in [1.82, 2.24) is 9.97 Å². The largest absolute Gasteiger partial charge is 0.370 e. The fourth-order valence-corrected chi connectivity index (χ4v) is 1.43. The first-order valence-electron chi connectivity index (χ1n) is 5.17. The summed E-state index contributed by atoms with van der Waals surface area (Å²) in [4.78, 5) is 19.4. The Labute approximate surface area is 95.5 Å². The number of rotatable bonds is 4. The Balaban J connectivity index is 2.79. The second-order valence-electron chi connectivity index (χ2n) is 4.58. The Morgan fingerprint density at radius 3 is 2.56 bits per heavy atom. The molecule has 1 aromatic rings. The summed E-state index contributed by atoms with van der Waals surface area (Å²) in [6.07, 6.45) is 1.91. The van der Waals surface area contributed by atoms with Crippen LogP contribution >= 0.6 is 0 Å². The molecule has 1 rings (SSSR count). The Kier molecular flexibility index (Phi) is 3.47. The number of hydrogen-bond acceptors (Lipinski definition) is 4.